The predicted molar refractivity (Wildman–Crippen MR) is 59.5 cm³/mol. The van der Waals surface area contributed by atoms with Gasteiger partial charge in [-0.1, -0.05) is 11.8 Å². The van der Waals surface area contributed by atoms with Crippen LogP contribution >= 0.6 is 11.8 Å². The maximum atomic E-state index is 12.9. The molecule has 0 fully saturated rings. The van der Waals surface area contributed by atoms with Gasteiger partial charge in [0.05, 0.1) is 11.8 Å². The van der Waals surface area contributed by atoms with E-state index in [1.807, 2.05) is 0 Å². The van der Waals surface area contributed by atoms with Crippen molar-refractivity contribution in [2.24, 2.45) is 0 Å². The third kappa shape index (κ3) is 2.79. The largest absolute Gasteiger partial charge is 0.478 e. The molecule has 6 heteroatoms. The zero-order chi connectivity index (χ0) is 12.3. The molecule has 1 aromatic carbocycles. The fraction of sp³-hybridized carbons (Fsp3) is 0. The highest BCUT2D eigenvalue weighted by atomic mass is 32.2. The van der Waals surface area contributed by atoms with Gasteiger partial charge in [0.25, 0.3) is 0 Å². The zero-order valence-electron chi connectivity index (χ0n) is 8.50. The second-order valence-corrected chi connectivity index (χ2v) is 4.15. The van der Waals surface area contributed by atoms with Gasteiger partial charge in [0.1, 0.15) is 10.8 Å². The highest BCUT2D eigenvalue weighted by Crippen LogP contribution is 2.28. The second-order valence-electron chi connectivity index (χ2n) is 3.09. The van der Waals surface area contributed by atoms with Crippen molar-refractivity contribution < 1.29 is 14.3 Å². The number of nitrogens with zero attached hydrogens (tertiary/aromatic N) is 2. The van der Waals surface area contributed by atoms with Gasteiger partial charge in [0.2, 0.25) is 0 Å². The van der Waals surface area contributed by atoms with Gasteiger partial charge in [-0.25, -0.2) is 14.2 Å². The first-order valence-electron chi connectivity index (χ1n) is 4.63. The van der Waals surface area contributed by atoms with Crippen LogP contribution in [0.15, 0.2) is 46.7 Å². The number of aromatic nitrogens is 2. The van der Waals surface area contributed by atoms with Crippen LogP contribution in [0.5, 0.6) is 0 Å². The quantitative estimate of drug-likeness (QED) is 0.906. The molecular formula is C11H7FN2O2S. The molecule has 0 saturated heterocycles. The summed E-state index contributed by atoms with van der Waals surface area (Å²) in [5, 5.41) is 9.51. The lowest BCUT2D eigenvalue weighted by atomic mass is 10.2. The highest BCUT2D eigenvalue weighted by Gasteiger charge is 2.12. The van der Waals surface area contributed by atoms with E-state index in [1.165, 1.54) is 30.7 Å². The van der Waals surface area contributed by atoms with E-state index in [1.54, 1.807) is 0 Å². The van der Waals surface area contributed by atoms with E-state index < -0.39 is 11.8 Å². The minimum atomic E-state index is -1.17. The minimum Gasteiger partial charge on any atom is -0.478 e. The summed E-state index contributed by atoms with van der Waals surface area (Å²) in [7, 11) is 0. The minimum absolute atomic E-state index is 0.0827. The molecule has 0 amide bonds. The van der Waals surface area contributed by atoms with E-state index in [4.69, 9.17) is 5.11 Å². The van der Waals surface area contributed by atoms with Crippen molar-refractivity contribution in [3.05, 3.63) is 48.2 Å². The number of hydrogen-bond donors (Lipinski definition) is 1. The van der Waals surface area contributed by atoms with Crippen LogP contribution in [0.1, 0.15) is 10.4 Å². The number of carboxylic acids is 1. The van der Waals surface area contributed by atoms with Crippen molar-refractivity contribution in [2.75, 3.05) is 0 Å². The van der Waals surface area contributed by atoms with Gasteiger partial charge < -0.3 is 5.11 Å². The first-order chi connectivity index (χ1) is 8.16. The van der Waals surface area contributed by atoms with E-state index in [0.29, 0.717) is 9.92 Å². The van der Waals surface area contributed by atoms with Crippen molar-refractivity contribution in [1.82, 2.24) is 9.97 Å². The normalized spacial score (nSPS) is 10.2. The van der Waals surface area contributed by atoms with Crippen LogP contribution in [-0.4, -0.2) is 21.0 Å². The molecule has 1 heterocycles. The summed E-state index contributed by atoms with van der Waals surface area (Å²) in [6.45, 7) is 0. The van der Waals surface area contributed by atoms with Crippen LogP contribution in [0.3, 0.4) is 0 Å². The van der Waals surface area contributed by atoms with Crippen LogP contribution in [-0.2, 0) is 0 Å². The molecule has 1 aromatic heterocycles. The summed E-state index contributed by atoms with van der Waals surface area (Å²) >= 11 is 1.13. The van der Waals surface area contributed by atoms with Gasteiger partial charge >= 0.3 is 5.97 Å². The summed E-state index contributed by atoms with van der Waals surface area (Å²) < 4.78 is 12.9. The number of benzene rings is 1. The first-order valence-corrected chi connectivity index (χ1v) is 5.45. The number of carbonyl (C=O) groups is 1. The number of aromatic carboxylic acids is 1. The lowest BCUT2D eigenvalue weighted by Gasteiger charge is -2.04. The molecule has 1 N–H and O–H groups in total. The Hall–Kier alpha value is -1.95. The molecule has 86 valence electrons. The fourth-order valence-corrected chi connectivity index (χ4v) is 2.05. The molecule has 0 aliphatic rings. The molecule has 2 aromatic rings. The summed E-state index contributed by atoms with van der Waals surface area (Å²) in [6, 6.07) is 3.62. The molecular weight excluding hydrogens is 243 g/mol. The molecule has 0 spiro atoms. The van der Waals surface area contributed by atoms with Gasteiger partial charge in [-0.15, -0.1) is 0 Å². The van der Waals surface area contributed by atoms with Crippen LogP contribution in [0.25, 0.3) is 0 Å². The van der Waals surface area contributed by atoms with Gasteiger partial charge in [-0.2, -0.15) is 0 Å². The van der Waals surface area contributed by atoms with Crippen LogP contribution in [0.2, 0.25) is 0 Å². The van der Waals surface area contributed by atoms with E-state index in [2.05, 4.69) is 9.97 Å². The van der Waals surface area contributed by atoms with Crippen LogP contribution in [0, 0.1) is 5.82 Å². The Labute approximate surface area is 101 Å². The summed E-state index contributed by atoms with van der Waals surface area (Å²) in [6.07, 6.45) is 4.54. The third-order valence-corrected chi connectivity index (χ3v) is 2.92. The Morgan fingerprint density at radius 1 is 1.35 bits per heavy atom. The molecule has 0 atom stereocenters. The van der Waals surface area contributed by atoms with E-state index in [-0.39, 0.29) is 5.56 Å². The second kappa shape index (κ2) is 4.92. The van der Waals surface area contributed by atoms with E-state index >= 15 is 0 Å². The van der Waals surface area contributed by atoms with Gasteiger partial charge in [-0.3, -0.25) is 4.98 Å². The Morgan fingerprint density at radius 2 is 2.18 bits per heavy atom. The molecule has 0 aliphatic heterocycles. The molecule has 0 bridgehead atoms. The Bertz CT molecular complexity index is 548. The van der Waals surface area contributed by atoms with Crippen LogP contribution < -0.4 is 0 Å². The Kier molecular flexibility index (Phi) is 3.34. The van der Waals surface area contributed by atoms with Crippen molar-refractivity contribution >= 4 is 17.7 Å². The summed E-state index contributed by atoms with van der Waals surface area (Å²) in [5.74, 6) is -1.75. The molecule has 17 heavy (non-hydrogen) atoms. The summed E-state index contributed by atoms with van der Waals surface area (Å²) in [5.41, 5.74) is -0.0827. The van der Waals surface area contributed by atoms with Gasteiger partial charge in [-0.05, 0) is 18.2 Å². The SMILES string of the molecule is O=C(O)c1cc(F)ccc1Sc1cnccn1. The van der Waals surface area contributed by atoms with E-state index in [9.17, 15) is 9.18 Å². The monoisotopic (exact) mass is 250 g/mol. The maximum absolute atomic E-state index is 12.9. The lowest BCUT2D eigenvalue weighted by Crippen LogP contribution is -1.99. The molecule has 2 rings (SSSR count). The molecule has 0 aliphatic carbocycles. The summed E-state index contributed by atoms with van der Waals surface area (Å²) in [4.78, 5) is 19.3. The Morgan fingerprint density at radius 3 is 2.82 bits per heavy atom. The van der Waals surface area contributed by atoms with E-state index in [0.717, 1.165) is 17.8 Å². The lowest BCUT2D eigenvalue weighted by molar-refractivity contribution is 0.0692. The highest BCUT2D eigenvalue weighted by molar-refractivity contribution is 7.99. The van der Waals surface area contributed by atoms with Crippen molar-refractivity contribution in [3.8, 4) is 0 Å². The standard InChI is InChI=1S/C11H7FN2O2S/c12-7-1-2-9(8(5-7)11(15)16)17-10-6-13-3-4-14-10/h1-6H,(H,15,16). The molecule has 0 saturated carbocycles. The molecule has 4 nitrogen and oxygen atoms in total. The van der Waals surface area contributed by atoms with Crippen molar-refractivity contribution in [1.29, 1.82) is 0 Å². The smallest absolute Gasteiger partial charge is 0.336 e. The van der Waals surface area contributed by atoms with Crippen molar-refractivity contribution in [3.63, 3.8) is 0 Å². The average molecular weight is 250 g/mol. The topological polar surface area (TPSA) is 63.1 Å². The third-order valence-electron chi connectivity index (χ3n) is 1.93. The number of hydrogen-bond acceptors (Lipinski definition) is 4. The number of carboxylic acid groups (broad SMARTS) is 1. The molecule has 0 radical (unpaired) electrons. The maximum Gasteiger partial charge on any atom is 0.336 e. The Balaban J connectivity index is 2.36. The average Bonchev–Trinajstić information content (AvgIpc) is 2.32. The van der Waals surface area contributed by atoms with Gasteiger partial charge in [0.15, 0.2) is 0 Å². The number of rotatable bonds is 3. The first kappa shape index (κ1) is 11.5. The predicted octanol–water partition coefficient (Wildman–Crippen LogP) is 2.47. The van der Waals surface area contributed by atoms with Crippen LogP contribution in [0.4, 0.5) is 4.39 Å². The fourth-order valence-electron chi connectivity index (χ4n) is 1.21. The van der Waals surface area contributed by atoms with Crippen molar-refractivity contribution in [2.45, 2.75) is 9.92 Å². The number of halogens is 1. The zero-order valence-corrected chi connectivity index (χ0v) is 9.32. The molecule has 0 unspecified atom stereocenters. The van der Waals surface area contributed by atoms with Gasteiger partial charge in [0, 0.05) is 17.3 Å².